The summed E-state index contributed by atoms with van der Waals surface area (Å²) < 4.78 is 4.84. The maximum Gasteiger partial charge on any atom is 0.341 e. The molecule has 6 heteroatoms. The standard InChI is InChI=1S/C9H5ClN2O3/c10-8-5(2-1-3-11-8)7-6(9(13)14)4-12-15-7/h1-4H,(H,13,14). The summed E-state index contributed by atoms with van der Waals surface area (Å²) in [6.45, 7) is 0. The topological polar surface area (TPSA) is 76.2 Å². The third-order valence-corrected chi connectivity index (χ3v) is 2.11. The van der Waals surface area contributed by atoms with E-state index in [4.69, 9.17) is 21.2 Å². The van der Waals surface area contributed by atoms with E-state index in [1.807, 2.05) is 0 Å². The van der Waals surface area contributed by atoms with Crippen molar-refractivity contribution in [3.8, 4) is 11.3 Å². The summed E-state index contributed by atoms with van der Waals surface area (Å²) in [5.74, 6) is -1.01. The predicted molar refractivity (Wildman–Crippen MR) is 51.7 cm³/mol. The Morgan fingerprint density at radius 3 is 3.00 bits per heavy atom. The van der Waals surface area contributed by atoms with Gasteiger partial charge in [-0.05, 0) is 12.1 Å². The minimum Gasteiger partial charge on any atom is -0.477 e. The highest BCUT2D eigenvalue weighted by molar-refractivity contribution is 6.32. The van der Waals surface area contributed by atoms with Crippen LogP contribution in [0.2, 0.25) is 5.15 Å². The minimum atomic E-state index is -1.12. The number of aromatic carboxylic acids is 1. The first kappa shape index (κ1) is 9.67. The molecule has 0 saturated carbocycles. The molecule has 0 aliphatic rings. The van der Waals surface area contributed by atoms with Crippen molar-refractivity contribution in [3.63, 3.8) is 0 Å². The van der Waals surface area contributed by atoms with Crippen molar-refractivity contribution >= 4 is 17.6 Å². The minimum absolute atomic E-state index is 0.0371. The smallest absolute Gasteiger partial charge is 0.341 e. The lowest BCUT2D eigenvalue weighted by Crippen LogP contribution is -1.96. The van der Waals surface area contributed by atoms with E-state index in [9.17, 15) is 4.79 Å². The molecule has 0 saturated heterocycles. The van der Waals surface area contributed by atoms with Crippen LogP contribution in [0.25, 0.3) is 11.3 Å². The summed E-state index contributed by atoms with van der Waals surface area (Å²) in [6.07, 6.45) is 2.63. The van der Waals surface area contributed by atoms with Crippen LogP contribution in [0, 0.1) is 0 Å². The molecule has 15 heavy (non-hydrogen) atoms. The molecule has 2 aromatic heterocycles. The molecule has 0 aliphatic carbocycles. The largest absolute Gasteiger partial charge is 0.477 e. The number of carboxylic acid groups (broad SMARTS) is 1. The molecule has 0 aliphatic heterocycles. The van der Waals surface area contributed by atoms with Crippen molar-refractivity contribution in [2.75, 3.05) is 0 Å². The molecule has 2 rings (SSSR count). The Kier molecular flexibility index (Phi) is 2.39. The number of rotatable bonds is 2. The Labute approximate surface area is 89.3 Å². The Morgan fingerprint density at radius 1 is 1.53 bits per heavy atom. The Morgan fingerprint density at radius 2 is 2.33 bits per heavy atom. The Balaban J connectivity index is 2.59. The third-order valence-electron chi connectivity index (χ3n) is 1.80. The van der Waals surface area contributed by atoms with Gasteiger partial charge in [-0.25, -0.2) is 9.78 Å². The second-order valence-electron chi connectivity index (χ2n) is 2.72. The first-order valence-electron chi connectivity index (χ1n) is 3.99. The summed E-state index contributed by atoms with van der Waals surface area (Å²) in [5.41, 5.74) is 0.374. The van der Waals surface area contributed by atoms with Crippen LogP contribution < -0.4 is 0 Å². The number of halogens is 1. The van der Waals surface area contributed by atoms with Gasteiger partial charge in [0, 0.05) is 6.20 Å². The summed E-state index contributed by atoms with van der Waals surface area (Å²) in [4.78, 5) is 14.6. The highest BCUT2D eigenvalue weighted by Gasteiger charge is 2.19. The summed E-state index contributed by atoms with van der Waals surface area (Å²) in [7, 11) is 0. The van der Waals surface area contributed by atoms with Crippen molar-refractivity contribution < 1.29 is 14.4 Å². The number of nitrogens with zero attached hydrogens (tertiary/aromatic N) is 2. The average molecular weight is 225 g/mol. The zero-order valence-corrected chi connectivity index (χ0v) is 8.10. The molecule has 0 atom stereocenters. The molecular weight excluding hydrogens is 220 g/mol. The summed E-state index contributed by atoms with van der Waals surface area (Å²) in [6, 6.07) is 3.25. The number of carboxylic acids is 1. The fourth-order valence-corrected chi connectivity index (χ4v) is 1.35. The van der Waals surface area contributed by atoms with Gasteiger partial charge >= 0.3 is 5.97 Å². The normalized spacial score (nSPS) is 10.2. The average Bonchev–Trinajstić information content (AvgIpc) is 2.67. The van der Waals surface area contributed by atoms with Crippen molar-refractivity contribution in [3.05, 3.63) is 35.2 Å². The van der Waals surface area contributed by atoms with Gasteiger partial charge in [0.25, 0.3) is 0 Å². The van der Waals surface area contributed by atoms with Gasteiger partial charge in [0.1, 0.15) is 10.7 Å². The van der Waals surface area contributed by atoms with Crippen LogP contribution in [0.4, 0.5) is 0 Å². The zero-order valence-electron chi connectivity index (χ0n) is 7.35. The van der Waals surface area contributed by atoms with Crippen LogP contribution in [0.1, 0.15) is 10.4 Å². The number of hydrogen-bond donors (Lipinski definition) is 1. The van der Waals surface area contributed by atoms with Crippen LogP contribution in [0.5, 0.6) is 0 Å². The zero-order chi connectivity index (χ0) is 10.8. The maximum absolute atomic E-state index is 10.8. The monoisotopic (exact) mass is 224 g/mol. The molecule has 2 aromatic rings. The Hall–Kier alpha value is -1.88. The maximum atomic E-state index is 10.8. The predicted octanol–water partition coefficient (Wildman–Crippen LogP) is 2.09. The van der Waals surface area contributed by atoms with E-state index >= 15 is 0 Å². The van der Waals surface area contributed by atoms with Crippen LogP contribution in [-0.4, -0.2) is 21.2 Å². The molecule has 76 valence electrons. The lowest BCUT2D eigenvalue weighted by Gasteiger charge is -1.98. The van der Waals surface area contributed by atoms with Gasteiger partial charge in [0.15, 0.2) is 5.76 Å². The lowest BCUT2D eigenvalue weighted by molar-refractivity contribution is 0.0697. The van der Waals surface area contributed by atoms with Gasteiger partial charge in [0.2, 0.25) is 0 Å². The molecule has 0 spiro atoms. The van der Waals surface area contributed by atoms with Gasteiger partial charge in [-0.3, -0.25) is 0 Å². The highest BCUT2D eigenvalue weighted by atomic mass is 35.5. The number of pyridine rings is 1. The Bertz CT molecular complexity index is 510. The lowest BCUT2D eigenvalue weighted by atomic mass is 10.1. The summed E-state index contributed by atoms with van der Waals surface area (Å²) in [5, 5.41) is 12.4. The molecule has 0 bridgehead atoms. The molecule has 5 nitrogen and oxygen atoms in total. The van der Waals surface area contributed by atoms with E-state index in [2.05, 4.69) is 10.1 Å². The van der Waals surface area contributed by atoms with Crippen LogP contribution in [0.15, 0.2) is 29.0 Å². The molecule has 0 amide bonds. The van der Waals surface area contributed by atoms with Crippen molar-refractivity contribution in [1.82, 2.24) is 10.1 Å². The fraction of sp³-hybridized carbons (Fsp3) is 0. The van der Waals surface area contributed by atoms with Crippen molar-refractivity contribution in [2.24, 2.45) is 0 Å². The van der Waals surface area contributed by atoms with E-state index in [0.717, 1.165) is 6.20 Å². The number of carbonyl (C=O) groups is 1. The fourth-order valence-electron chi connectivity index (χ4n) is 1.14. The van der Waals surface area contributed by atoms with Gasteiger partial charge < -0.3 is 9.63 Å². The molecule has 0 fully saturated rings. The second kappa shape index (κ2) is 3.70. The van der Waals surface area contributed by atoms with E-state index in [0.29, 0.717) is 5.56 Å². The van der Waals surface area contributed by atoms with Crippen molar-refractivity contribution in [2.45, 2.75) is 0 Å². The van der Waals surface area contributed by atoms with Gasteiger partial charge in [-0.15, -0.1) is 0 Å². The second-order valence-corrected chi connectivity index (χ2v) is 3.07. The molecule has 1 N–H and O–H groups in total. The SMILES string of the molecule is O=C(O)c1cnoc1-c1cccnc1Cl. The first-order valence-corrected chi connectivity index (χ1v) is 4.37. The van der Waals surface area contributed by atoms with Crippen LogP contribution >= 0.6 is 11.6 Å². The molecule has 0 unspecified atom stereocenters. The summed E-state index contributed by atoms with van der Waals surface area (Å²) >= 11 is 5.80. The molecule has 2 heterocycles. The van der Waals surface area contributed by atoms with E-state index in [-0.39, 0.29) is 16.5 Å². The van der Waals surface area contributed by atoms with Gasteiger partial charge in [0.05, 0.1) is 11.8 Å². The third kappa shape index (κ3) is 1.69. The van der Waals surface area contributed by atoms with Gasteiger partial charge in [-0.1, -0.05) is 16.8 Å². The van der Waals surface area contributed by atoms with Crippen LogP contribution in [-0.2, 0) is 0 Å². The molecular formula is C9H5ClN2O3. The van der Waals surface area contributed by atoms with E-state index in [1.54, 1.807) is 12.1 Å². The van der Waals surface area contributed by atoms with Crippen molar-refractivity contribution in [1.29, 1.82) is 0 Å². The number of aromatic nitrogens is 2. The first-order chi connectivity index (χ1) is 7.20. The highest BCUT2D eigenvalue weighted by Crippen LogP contribution is 2.28. The molecule has 0 radical (unpaired) electrons. The number of hydrogen-bond acceptors (Lipinski definition) is 4. The van der Waals surface area contributed by atoms with E-state index < -0.39 is 5.97 Å². The molecule has 0 aromatic carbocycles. The van der Waals surface area contributed by atoms with Gasteiger partial charge in [-0.2, -0.15) is 0 Å². The van der Waals surface area contributed by atoms with Crippen LogP contribution in [0.3, 0.4) is 0 Å². The van der Waals surface area contributed by atoms with E-state index in [1.165, 1.54) is 6.20 Å². The quantitative estimate of drug-likeness (QED) is 0.791.